The molecule has 0 saturated heterocycles. The zero-order valence-corrected chi connectivity index (χ0v) is 12.6. The van der Waals surface area contributed by atoms with Crippen molar-refractivity contribution in [2.75, 3.05) is 0 Å². The minimum Gasteiger partial charge on any atom is -1.00 e. The minimum atomic E-state index is -4.13. The van der Waals surface area contributed by atoms with Crippen LogP contribution in [0.2, 0.25) is 0 Å². The van der Waals surface area contributed by atoms with Gasteiger partial charge in [-0.05, 0) is 34.1 Å². The monoisotopic (exact) mass is 338 g/mol. The Morgan fingerprint density at radius 3 is 2.23 bits per heavy atom. The third-order valence-corrected chi connectivity index (χ3v) is 3.51. The summed E-state index contributed by atoms with van der Waals surface area (Å²) in [6.45, 7) is 0. The van der Waals surface area contributed by atoms with Crippen LogP contribution in [0.3, 0.4) is 0 Å². The van der Waals surface area contributed by atoms with E-state index in [4.69, 9.17) is 4.55 Å². The molecule has 1 aromatic carbocycles. The molecule has 1 N–H and O–H groups in total. The first-order chi connectivity index (χ1) is 5.41. The van der Waals surface area contributed by atoms with Gasteiger partial charge < -0.3 is 1.43 Å². The molecule has 0 atom stereocenters. The van der Waals surface area contributed by atoms with Crippen LogP contribution in [-0.4, -0.2) is 13.0 Å². The van der Waals surface area contributed by atoms with Gasteiger partial charge in [0.25, 0.3) is 10.1 Å². The number of hydrogen-bond donors (Lipinski definition) is 1. The van der Waals surface area contributed by atoms with Crippen LogP contribution in [0.5, 0.6) is 0 Å². The molecule has 0 aliphatic carbocycles. The average Bonchev–Trinajstić information content (AvgIpc) is 1.92. The van der Waals surface area contributed by atoms with E-state index in [-0.39, 0.29) is 35.9 Å². The van der Waals surface area contributed by atoms with Gasteiger partial charge in [0, 0.05) is 8.95 Å². The molecule has 0 aliphatic rings. The Balaban J connectivity index is 0. The predicted octanol–water partition coefficient (Wildman–Crippen LogP) is -0.425. The second-order valence-electron chi connectivity index (χ2n) is 2.05. The summed E-state index contributed by atoms with van der Waals surface area (Å²) in [5.41, 5.74) is 0. The smallest absolute Gasteiger partial charge is 1.00 e. The average molecular weight is 340 g/mol. The zero-order valence-electron chi connectivity index (χ0n) is 7.66. The molecule has 3 nitrogen and oxygen atoms in total. The summed E-state index contributed by atoms with van der Waals surface area (Å²) in [6.07, 6.45) is 0. The molecule has 0 spiro atoms. The van der Waals surface area contributed by atoms with Crippen LogP contribution in [0.4, 0.5) is 0 Å². The minimum absolute atomic E-state index is 0. The van der Waals surface area contributed by atoms with Crippen molar-refractivity contribution < 1.29 is 44.0 Å². The van der Waals surface area contributed by atoms with Crippen LogP contribution < -0.4 is 29.6 Å². The number of rotatable bonds is 1. The summed E-state index contributed by atoms with van der Waals surface area (Å²) < 4.78 is 31.1. The van der Waals surface area contributed by atoms with E-state index in [0.29, 0.717) is 8.95 Å². The van der Waals surface area contributed by atoms with E-state index in [1.165, 1.54) is 12.1 Å². The van der Waals surface area contributed by atoms with Gasteiger partial charge in [-0.25, -0.2) is 0 Å². The Kier molecular flexibility index (Phi) is 5.69. The third kappa shape index (κ3) is 3.99. The molecule has 0 aromatic heterocycles. The molecule has 0 saturated carbocycles. The standard InChI is InChI=1S/C6H4Br2O3S.Na.H/c7-4-1-2-5(8)6(3-4)12(9,10)11;;/h1-3H,(H,9,10,11);;/q;+1;-1. The summed E-state index contributed by atoms with van der Waals surface area (Å²) in [6, 6.07) is 4.52. The molecule has 0 heterocycles. The maximum atomic E-state index is 10.7. The van der Waals surface area contributed by atoms with Crippen LogP contribution >= 0.6 is 31.9 Å². The molecule has 68 valence electrons. The van der Waals surface area contributed by atoms with Crippen molar-refractivity contribution in [1.29, 1.82) is 0 Å². The molecule has 1 aromatic rings. The summed E-state index contributed by atoms with van der Waals surface area (Å²) in [7, 11) is -4.13. The first kappa shape index (κ1) is 14.1. The van der Waals surface area contributed by atoms with E-state index >= 15 is 0 Å². The Bertz CT molecular complexity index is 410. The van der Waals surface area contributed by atoms with Crippen molar-refractivity contribution in [3.63, 3.8) is 0 Å². The van der Waals surface area contributed by atoms with Gasteiger partial charge in [0.1, 0.15) is 4.90 Å². The first-order valence-electron chi connectivity index (χ1n) is 2.84. The van der Waals surface area contributed by atoms with E-state index in [0.717, 1.165) is 0 Å². The van der Waals surface area contributed by atoms with Crippen LogP contribution in [0, 0.1) is 0 Å². The van der Waals surface area contributed by atoms with Gasteiger partial charge in [0.05, 0.1) is 0 Å². The van der Waals surface area contributed by atoms with Crippen molar-refractivity contribution in [2.45, 2.75) is 4.90 Å². The summed E-state index contributed by atoms with van der Waals surface area (Å²) >= 11 is 6.10. The van der Waals surface area contributed by atoms with Crippen molar-refractivity contribution in [3.05, 3.63) is 27.1 Å². The Morgan fingerprint density at radius 1 is 1.31 bits per heavy atom. The maximum absolute atomic E-state index is 10.7. The maximum Gasteiger partial charge on any atom is 1.00 e. The van der Waals surface area contributed by atoms with Crippen LogP contribution in [0.25, 0.3) is 0 Å². The molecule has 0 fully saturated rings. The molecule has 0 amide bonds. The summed E-state index contributed by atoms with van der Waals surface area (Å²) in [5, 5.41) is 0. The Morgan fingerprint density at radius 2 is 1.85 bits per heavy atom. The van der Waals surface area contributed by atoms with Crippen LogP contribution in [0.1, 0.15) is 1.43 Å². The largest absolute Gasteiger partial charge is 1.00 e. The van der Waals surface area contributed by atoms with Crippen molar-refractivity contribution in [3.8, 4) is 0 Å². The molecule has 0 unspecified atom stereocenters. The number of halogens is 2. The van der Waals surface area contributed by atoms with E-state index in [2.05, 4.69) is 31.9 Å². The molecular formula is C6H5Br2NaO3S. The topological polar surface area (TPSA) is 54.4 Å². The molecule has 13 heavy (non-hydrogen) atoms. The zero-order chi connectivity index (χ0) is 9.35. The fourth-order valence-corrected chi connectivity index (χ4v) is 2.64. The summed E-state index contributed by atoms with van der Waals surface area (Å²) in [4.78, 5) is -0.142. The molecule has 1 rings (SSSR count). The predicted molar refractivity (Wildman–Crippen MR) is 52.8 cm³/mol. The van der Waals surface area contributed by atoms with Gasteiger partial charge in [-0.3, -0.25) is 4.55 Å². The first-order valence-corrected chi connectivity index (χ1v) is 5.86. The molecular weight excluding hydrogens is 335 g/mol. The fourth-order valence-electron chi connectivity index (χ4n) is 0.675. The van der Waals surface area contributed by atoms with E-state index < -0.39 is 10.1 Å². The van der Waals surface area contributed by atoms with Crippen molar-refractivity contribution in [2.24, 2.45) is 0 Å². The van der Waals surface area contributed by atoms with Crippen LogP contribution in [0.15, 0.2) is 32.0 Å². The van der Waals surface area contributed by atoms with Gasteiger partial charge in [-0.1, -0.05) is 15.9 Å². The quantitative estimate of drug-likeness (QED) is 0.558. The van der Waals surface area contributed by atoms with Gasteiger partial charge >= 0.3 is 29.6 Å². The van der Waals surface area contributed by atoms with Gasteiger partial charge in [0.15, 0.2) is 0 Å². The fraction of sp³-hybridized carbons (Fsp3) is 0. The number of hydrogen-bond acceptors (Lipinski definition) is 2. The van der Waals surface area contributed by atoms with E-state index in [1.54, 1.807) is 6.07 Å². The molecule has 0 radical (unpaired) electrons. The van der Waals surface area contributed by atoms with Crippen molar-refractivity contribution in [1.82, 2.24) is 0 Å². The Labute approximate surface area is 117 Å². The van der Waals surface area contributed by atoms with Gasteiger partial charge in [0.2, 0.25) is 0 Å². The van der Waals surface area contributed by atoms with Gasteiger partial charge in [-0.2, -0.15) is 8.42 Å². The van der Waals surface area contributed by atoms with E-state index in [1.807, 2.05) is 0 Å². The second-order valence-corrected chi connectivity index (χ2v) is 5.21. The normalized spacial score (nSPS) is 10.7. The van der Waals surface area contributed by atoms with Crippen molar-refractivity contribution >= 4 is 42.0 Å². The summed E-state index contributed by atoms with van der Waals surface area (Å²) in [5.74, 6) is 0. The second kappa shape index (κ2) is 5.25. The van der Waals surface area contributed by atoms with Gasteiger partial charge in [-0.15, -0.1) is 0 Å². The van der Waals surface area contributed by atoms with Crippen LogP contribution in [-0.2, 0) is 10.1 Å². The Hall–Kier alpha value is 1.09. The SMILES string of the molecule is O=S(=O)(O)c1cc(Br)ccc1Br.[H-].[Na+]. The third-order valence-electron chi connectivity index (χ3n) is 1.17. The molecule has 0 aliphatic heterocycles. The number of benzene rings is 1. The molecule has 7 heteroatoms. The molecule has 0 bridgehead atoms. The van der Waals surface area contributed by atoms with E-state index in [9.17, 15) is 8.42 Å².